The molecule has 0 spiro atoms. The van der Waals surface area contributed by atoms with Crippen LogP contribution in [0.2, 0.25) is 0 Å². The van der Waals surface area contributed by atoms with Crippen molar-refractivity contribution in [3.8, 4) is 5.75 Å². The van der Waals surface area contributed by atoms with Gasteiger partial charge in [-0.2, -0.15) is 0 Å². The Morgan fingerprint density at radius 1 is 1.28 bits per heavy atom. The first kappa shape index (κ1) is 13.1. The Kier molecular flexibility index (Phi) is 4.04. The van der Waals surface area contributed by atoms with Gasteiger partial charge in [0.1, 0.15) is 5.75 Å². The van der Waals surface area contributed by atoms with E-state index in [1.807, 2.05) is 18.2 Å². The first-order valence-electron chi connectivity index (χ1n) is 6.06. The monoisotopic (exact) mass is 261 g/mol. The van der Waals surface area contributed by atoms with Gasteiger partial charge in [-0.15, -0.1) is 11.3 Å². The zero-order chi connectivity index (χ0) is 13.1. The second-order valence-electron chi connectivity index (χ2n) is 4.51. The molecular weight excluding hydrogens is 242 g/mol. The van der Waals surface area contributed by atoms with Crippen LogP contribution in [0.25, 0.3) is 0 Å². The number of aryl methyl sites for hydroxylation is 2. The van der Waals surface area contributed by atoms with E-state index >= 15 is 0 Å². The molecule has 1 unspecified atom stereocenters. The molecule has 0 aliphatic heterocycles. The Balaban J connectivity index is 2.18. The zero-order valence-corrected chi connectivity index (χ0v) is 11.9. The van der Waals surface area contributed by atoms with E-state index in [2.05, 4.69) is 26.0 Å². The van der Waals surface area contributed by atoms with E-state index in [1.165, 1.54) is 15.3 Å². The van der Waals surface area contributed by atoms with Crippen LogP contribution < -0.4 is 10.5 Å². The minimum absolute atomic E-state index is 0.0405. The van der Waals surface area contributed by atoms with Crippen LogP contribution in [0.4, 0.5) is 0 Å². The highest BCUT2D eigenvalue weighted by Gasteiger charge is 2.13. The summed E-state index contributed by atoms with van der Waals surface area (Å²) < 4.78 is 5.36. The van der Waals surface area contributed by atoms with Crippen molar-refractivity contribution >= 4 is 11.3 Å². The molecular formula is C15H19NOS. The predicted octanol–water partition coefficient (Wildman–Crippen LogP) is 3.62. The minimum Gasteiger partial charge on any atom is -0.496 e. The normalized spacial score (nSPS) is 12.4. The van der Waals surface area contributed by atoms with Gasteiger partial charge in [0.15, 0.2) is 0 Å². The number of para-hydroxylation sites is 1. The number of nitrogens with two attached hydrogens (primary N) is 1. The summed E-state index contributed by atoms with van der Waals surface area (Å²) in [6, 6.07) is 10.3. The fourth-order valence-corrected chi connectivity index (χ4v) is 3.04. The molecule has 96 valence electrons. The number of hydrogen-bond acceptors (Lipinski definition) is 3. The molecule has 1 heterocycles. The van der Waals surface area contributed by atoms with Gasteiger partial charge in [0.2, 0.25) is 0 Å². The first-order chi connectivity index (χ1) is 8.61. The molecule has 1 atom stereocenters. The van der Waals surface area contributed by atoms with E-state index in [1.54, 1.807) is 18.4 Å². The molecule has 2 rings (SSSR count). The van der Waals surface area contributed by atoms with Crippen molar-refractivity contribution in [3.63, 3.8) is 0 Å². The Bertz CT molecular complexity index is 514. The van der Waals surface area contributed by atoms with Crippen molar-refractivity contribution in [2.45, 2.75) is 26.3 Å². The topological polar surface area (TPSA) is 35.2 Å². The van der Waals surface area contributed by atoms with Crippen molar-refractivity contribution in [1.29, 1.82) is 0 Å². The Morgan fingerprint density at radius 3 is 2.61 bits per heavy atom. The second-order valence-corrected chi connectivity index (χ2v) is 5.80. The van der Waals surface area contributed by atoms with E-state index in [9.17, 15) is 0 Å². The van der Waals surface area contributed by atoms with Crippen molar-refractivity contribution in [2.75, 3.05) is 7.11 Å². The maximum Gasteiger partial charge on any atom is 0.122 e. The predicted molar refractivity (Wildman–Crippen MR) is 77.4 cm³/mol. The van der Waals surface area contributed by atoms with Crippen molar-refractivity contribution in [3.05, 3.63) is 51.2 Å². The first-order valence-corrected chi connectivity index (χ1v) is 6.88. The molecule has 18 heavy (non-hydrogen) atoms. The third-order valence-electron chi connectivity index (χ3n) is 3.18. The lowest BCUT2D eigenvalue weighted by molar-refractivity contribution is 0.408. The largest absolute Gasteiger partial charge is 0.496 e. The summed E-state index contributed by atoms with van der Waals surface area (Å²) in [4.78, 5) is 2.59. The minimum atomic E-state index is 0.0405. The van der Waals surface area contributed by atoms with Crippen molar-refractivity contribution in [1.82, 2.24) is 0 Å². The van der Waals surface area contributed by atoms with Crippen LogP contribution in [0.1, 0.15) is 26.9 Å². The van der Waals surface area contributed by atoms with Gasteiger partial charge in [0, 0.05) is 15.8 Å². The summed E-state index contributed by atoms with van der Waals surface area (Å²) in [6.45, 7) is 4.27. The molecule has 2 N–H and O–H groups in total. The van der Waals surface area contributed by atoms with Gasteiger partial charge in [0.05, 0.1) is 7.11 Å². The van der Waals surface area contributed by atoms with Crippen molar-refractivity contribution < 1.29 is 4.74 Å². The fraction of sp³-hybridized carbons (Fsp3) is 0.333. The lowest BCUT2D eigenvalue weighted by Crippen LogP contribution is -2.12. The summed E-state index contributed by atoms with van der Waals surface area (Å²) in [5.74, 6) is 0.915. The lowest BCUT2D eigenvalue weighted by atomic mass is 10.0. The van der Waals surface area contributed by atoms with E-state index in [0.29, 0.717) is 0 Å². The quantitative estimate of drug-likeness (QED) is 0.912. The molecule has 0 saturated heterocycles. The van der Waals surface area contributed by atoms with Crippen LogP contribution in [0.3, 0.4) is 0 Å². The summed E-state index contributed by atoms with van der Waals surface area (Å²) in [5.41, 5.74) is 8.78. The number of hydrogen-bond donors (Lipinski definition) is 1. The smallest absolute Gasteiger partial charge is 0.122 e. The summed E-state index contributed by atoms with van der Waals surface area (Å²) in [5, 5.41) is 0. The van der Waals surface area contributed by atoms with Gasteiger partial charge in [-0.25, -0.2) is 0 Å². The molecule has 0 aliphatic carbocycles. The number of ether oxygens (including phenoxy) is 1. The van der Waals surface area contributed by atoms with Gasteiger partial charge >= 0.3 is 0 Å². The van der Waals surface area contributed by atoms with E-state index < -0.39 is 0 Å². The molecule has 0 amide bonds. The van der Waals surface area contributed by atoms with E-state index in [-0.39, 0.29) is 6.04 Å². The number of rotatable bonds is 4. The molecule has 2 aromatic rings. The Morgan fingerprint density at radius 2 is 2.00 bits per heavy atom. The second kappa shape index (κ2) is 5.55. The van der Waals surface area contributed by atoms with Crippen LogP contribution in [0.5, 0.6) is 5.75 Å². The van der Waals surface area contributed by atoms with Crippen LogP contribution in [0.15, 0.2) is 30.3 Å². The molecule has 0 aliphatic rings. The van der Waals surface area contributed by atoms with Gasteiger partial charge in [0.25, 0.3) is 0 Å². The Hall–Kier alpha value is -1.32. The van der Waals surface area contributed by atoms with Crippen LogP contribution >= 0.6 is 11.3 Å². The summed E-state index contributed by atoms with van der Waals surface area (Å²) in [6.07, 6.45) is 0.809. The Labute approximate surface area is 112 Å². The molecule has 0 radical (unpaired) electrons. The molecule has 0 bridgehead atoms. The lowest BCUT2D eigenvalue weighted by Gasteiger charge is -2.12. The third-order valence-corrected chi connectivity index (χ3v) is 4.47. The summed E-state index contributed by atoms with van der Waals surface area (Å²) >= 11 is 1.79. The van der Waals surface area contributed by atoms with Gasteiger partial charge in [-0.1, -0.05) is 18.2 Å². The molecule has 0 fully saturated rings. The van der Waals surface area contributed by atoms with Crippen LogP contribution in [-0.4, -0.2) is 7.11 Å². The SMILES string of the molecule is COc1ccccc1CC(N)c1cc(C)c(C)s1. The molecule has 2 nitrogen and oxygen atoms in total. The van der Waals surface area contributed by atoms with Crippen LogP contribution in [0, 0.1) is 13.8 Å². The molecule has 1 aromatic heterocycles. The third kappa shape index (κ3) is 2.74. The van der Waals surface area contributed by atoms with Crippen molar-refractivity contribution in [2.24, 2.45) is 5.73 Å². The highest BCUT2D eigenvalue weighted by molar-refractivity contribution is 7.12. The number of benzene rings is 1. The highest BCUT2D eigenvalue weighted by atomic mass is 32.1. The molecule has 3 heteroatoms. The van der Waals surface area contributed by atoms with E-state index in [0.717, 1.165) is 17.7 Å². The number of methoxy groups -OCH3 is 1. The van der Waals surface area contributed by atoms with Gasteiger partial charge in [-0.05, 0) is 43.5 Å². The van der Waals surface area contributed by atoms with Gasteiger partial charge < -0.3 is 10.5 Å². The highest BCUT2D eigenvalue weighted by Crippen LogP contribution is 2.29. The molecule has 1 aromatic carbocycles. The number of thiophene rings is 1. The van der Waals surface area contributed by atoms with E-state index in [4.69, 9.17) is 10.5 Å². The summed E-state index contributed by atoms with van der Waals surface area (Å²) in [7, 11) is 1.70. The standard InChI is InChI=1S/C15H19NOS/c1-10-8-15(18-11(10)2)13(16)9-12-6-4-5-7-14(12)17-3/h4-8,13H,9,16H2,1-3H3. The maximum atomic E-state index is 6.29. The maximum absolute atomic E-state index is 6.29. The zero-order valence-electron chi connectivity index (χ0n) is 11.1. The average molecular weight is 261 g/mol. The van der Waals surface area contributed by atoms with Gasteiger partial charge in [-0.3, -0.25) is 0 Å². The average Bonchev–Trinajstić information content (AvgIpc) is 2.70. The molecule has 0 saturated carbocycles. The fourth-order valence-electron chi connectivity index (χ4n) is 1.99. The van der Waals surface area contributed by atoms with Crippen LogP contribution in [-0.2, 0) is 6.42 Å².